The van der Waals surface area contributed by atoms with Crippen LogP contribution in [0.2, 0.25) is 0 Å². The third kappa shape index (κ3) is 2.03. The van der Waals surface area contributed by atoms with Gasteiger partial charge in [0.2, 0.25) is 0 Å². The third-order valence-electron chi connectivity index (χ3n) is 2.29. The van der Waals surface area contributed by atoms with E-state index in [4.69, 9.17) is 0 Å². The van der Waals surface area contributed by atoms with E-state index in [9.17, 15) is 0 Å². The van der Waals surface area contributed by atoms with Crippen molar-refractivity contribution in [1.82, 2.24) is 0 Å². The van der Waals surface area contributed by atoms with Crippen LogP contribution >= 0.6 is 0 Å². The highest BCUT2D eigenvalue weighted by atomic mass is 14.8. The lowest BCUT2D eigenvalue weighted by Gasteiger charge is -2.25. The highest BCUT2D eigenvalue weighted by Crippen LogP contribution is 2.31. The summed E-state index contributed by atoms with van der Waals surface area (Å²) >= 11 is 0. The van der Waals surface area contributed by atoms with Gasteiger partial charge < -0.3 is 5.32 Å². The molecule has 0 spiro atoms. The minimum Gasteiger partial charge on any atom is -0.388 e. The second-order valence-electron chi connectivity index (χ2n) is 4.50. The molecule has 0 atom stereocenters. The molecule has 1 aromatic carbocycles. The molecule has 1 rings (SSSR count). The zero-order chi connectivity index (χ0) is 10.1. The SMILES string of the molecule is CNc1cccc(C)c1C(C)(C)C. The normalized spacial score (nSPS) is 11.5. The van der Waals surface area contributed by atoms with Crippen LogP contribution in [-0.4, -0.2) is 7.05 Å². The van der Waals surface area contributed by atoms with Crippen molar-refractivity contribution in [2.45, 2.75) is 33.1 Å². The Balaban J connectivity index is 3.32. The third-order valence-corrected chi connectivity index (χ3v) is 2.29. The lowest BCUT2D eigenvalue weighted by atomic mass is 9.83. The van der Waals surface area contributed by atoms with Crippen molar-refractivity contribution in [3.8, 4) is 0 Å². The molecule has 0 amide bonds. The van der Waals surface area contributed by atoms with Gasteiger partial charge in [0.15, 0.2) is 0 Å². The van der Waals surface area contributed by atoms with Crippen molar-refractivity contribution in [2.24, 2.45) is 0 Å². The lowest BCUT2D eigenvalue weighted by molar-refractivity contribution is 0.588. The fourth-order valence-electron chi connectivity index (χ4n) is 1.87. The number of anilines is 1. The Hall–Kier alpha value is -0.980. The van der Waals surface area contributed by atoms with Crippen LogP contribution in [-0.2, 0) is 5.41 Å². The molecule has 0 fully saturated rings. The first-order valence-corrected chi connectivity index (χ1v) is 4.74. The smallest absolute Gasteiger partial charge is 0.0378 e. The molecular weight excluding hydrogens is 158 g/mol. The number of hydrogen-bond acceptors (Lipinski definition) is 1. The molecule has 0 bridgehead atoms. The summed E-state index contributed by atoms with van der Waals surface area (Å²) in [7, 11) is 1.98. The Kier molecular flexibility index (Phi) is 2.65. The molecule has 13 heavy (non-hydrogen) atoms. The molecule has 0 aliphatic carbocycles. The first kappa shape index (κ1) is 10.1. The Morgan fingerprint density at radius 2 is 1.77 bits per heavy atom. The van der Waals surface area contributed by atoms with Gasteiger partial charge in [-0.05, 0) is 29.5 Å². The zero-order valence-corrected chi connectivity index (χ0v) is 9.23. The first-order valence-electron chi connectivity index (χ1n) is 4.74. The predicted molar refractivity (Wildman–Crippen MR) is 59.4 cm³/mol. The van der Waals surface area contributed by atoms with Gasteiger partial charge >= 0.3 is 0 Å². The van der Waals surface area contributed by atoms with E-state index in [1.807, 2.05) is 7.05 Å². The molecule has 1 nitrogen and oxygen atoms in total. The highest BCUT2D eigenvalue weighted by molar-refractivity contribution is 5.57. The van der Waals surface area contributed by atoms with Crippen molar-refractivity contribution < 1.29 is 0 Å². The molecular formula is C12H19N. The van der Waals surface area contributed by atoms with Crippen LogP contribution < -0.4 is 5.32 Å². The monoisotopic (exact) mass is 177 g/mol. The molecule has 1 aromatic rings. The number of aryl methyl sites for hydroxylation is 1. The highest BCUT2D eigenvalue weighted by Gasteiger charge is 2.19. The molecule has 0 unspecified atom stereocenters. The van der Waals surface area contributed by atoms with Crippen LogP contribution in [0.1, 0.15) is 31.9 Å². The summed E-state index contributed by atoms with van der Waals surface area (Å²) in [5, 5.41) is 3.24. The molecule has 0 radical (unpaired) electrons. The molecule has 1 heteroatoms. The van der Waals surface area contributed by atoms with E-state index in [0.29, 0.717) is 0 Å². The van der Waals surface area contributed by atoms with Gasteiger partial charge in [-0.1, -0.05) is 32.9 Å². The number of hydrogen-bond donors (Lipinski definition) is 1. The Morgan fingerprint density at radius 1 is 1.15 bits per heavy atom. The van der Waals surface area contributed by atoms with Gasteiger partial charge in [0.25, 0.3) is 0 Å². The number of benzene rings is 1. The van der Waals surface area contributed by atoms with E-state index in [2.05, 4.69) is 51.2 Å². The van der Waals surface area contributed by atoms with Gasteiger partial charge in [0.05, 0.1) is 0 Å². The van der Waals surface area contributed by atoms with Gasteiger partial charge in [-0.3, -0.25) is 0 Å². The summed E-state index contributed by atoms with van der Waals surface area (Å²) in [6, 6.07) is 6.39. The molecule has 0 aliphatic rings. The van der Waals surface area contributed by atoms with Gasteiger partial charge in [-0.25, -0.2) is 0 Å². The summed E-state index contributed by atoms with van der Waals surface area (Å²) in [6.07, 6.45) is 0. The zero-order valence-electron chi connectivity index (χ0n) is 9.23. The lowest BCUT2D eigenvalue weighted by Crippen LogP contribution is -2.15. The quantitative estimate of drug-likeness (QED) is 0.693. The molecule has 0 saturated carbocycles. The molecule has 0 heterocycles. The summed E-state index contributed by atoms with van der Waals surface area (Å²) < 4.78 is 0. The molecule has 1 N–H and O–H groups in total. The minimum atomic E-state index is 0.212. The summed E-state index contributed by atoms with van der Waals surface area (Å²) in [5.41, 5.74) is 4.23. The fourth-order valence-corrected chi connectivity index (χ4v) is 1.87. The summed E-state index contributed by atoms with van der Waals surface area (Å²) in [4.78, 5) is 0. The molecule has 0 aromatic heterocycles. The first-order chi connectivity index (χ1) is 5.96. The van der Waals surface area contributed by atoms with Crippen molar-refractivity contribution >= 4 is 5.69 Å². The predicted octanol–water partition coefficient (Wildman–Crippen LogP) is 3.33. The second kappa shape index (κ2) is 3.41. The van der Waals surface area contributed by atoms with E-state index in [0.717, 1.165) is 0 Å². The maximum Gasteiger partial charge on any atom is 0.0378 e. The molecule has 0 saturated heterocycles. The van der Waals surface area contributed by atoms with E-state index in [-0.39, 0.29) is 5.41 Å². The molecule has 0 aliphatic heterocycles. The van der Waals surface area contributed by atoms with E-state index < -0.39 is 0 Å². The average molecular weight is 177 g/mol. The Morgan fingerprint density at radius 3 is 2.15 bits per heavy atom. The van der Waals surface area contributed by atoms with Crippen molar-refractivity contribution in [1.29, 1.82) is 0 Å². The maximum atomic E-state index is 3.24. The number of rotatable bonds is 1. The average Bonchev–Trinajstić information content (AvgIpc) is 2.01. The van der Waals surface area contributed by atoms with Crippen molar-refractivity contribution in [2.75, 3.05) is 12.4 Å². The van der Waals surface area contributed by atoms with Crippen molar-refractivity contribution in [3.05, 3.63) is 29.3 Å². The number of nitrogens with one attached hydrogen (secondary N) is 1. The Labute approximate surface area is 81.2 Å². The van der Waals surface area contributed by atoms with E-state index in [1.165, 1.54) is 16.8 Å². The minimum absolute atomic E-state index is 0.212. The van der Waals surface area contributed by atoms with Gasteiger partial charge in [-0.2, -0.15) is 0 Å². The second-order valence-corrected chi connectivity index (χ2v) is 4.50. The van der Waals surface area contributed by atoms with Gasteiger partial charge in [0, 0.05) is 12.7 Å². The van der Waals surface area contributed by atoms with Crippen LogP contribution in [0.4, 0.5) is 5.69 Å². The van der Waals surface area contributed by atoms with Crippen LogP contribution in [0.25, 0.3) is 0 Å². The van der Waals surface area contributed by atoms with E-state index in [1.54, 1.807) is 0 Å². The van der Waals surface area contributed by atoms with Gasteiger partial charge in [0.1, 0.15) is 0 Å². The standard InChI is InChI=1S/C12H19N/c1-9-7-6-8-10(13-5)11(9)12(2,3)4/h6-8,13H,1-5H3. The summed E-state index contributed by atoms with van der Waals surface area (Å²) in [5.74, 6) is 0. The van der Waals surface area contributed by atoms with Crippen molar-refractivity contribution in [3.63, 3.8) is 0 Å². The largest absolute Gasteiger partial charge is 0.388 e. The fraction of sp³-hybridized carbons (Fsp3) is 0.500. The topological polar surface area (TPSA) is 12.0 Å². The van der Waals surface area contributed by atoms with E-state index >= 15 is 0 Å². The molecule has 72 valence electrons. The maximum absolute atomic E-state index is 3.24. The van der Waals surface area contributed by atoms with Crippen LogP contribution in [0.3, 0.4) is 0 Å². The van der Waals surface area contributed by atoms with Crippen LogP contribution in [0.15, 0.2) is 18.2 Å². The van der Waals surface area contributed by atoms with Gasteiger partial charge in [-0.15, -0.1) is 0 Å². The van der Waals surface area contributed by atoms with Crippen LogP contribution in [0, 0.1) is 6.92 Å². The van der Waals surface area contributed by atoms with Crippen LogP contribution in [0.5, 0.6) is 0 Å². The Bertz CT molecular complexity index is 294. The summed E-state index contributed by atoms with van der Waals surface area (Å²) in [6.45, 7) is 8.91.